The Morgan fingerprint density at radius 3 is 1.12 bits per heavy atom. The van der Waals surface area contributed by atoms with Crippen LogP contribution in [-0.4, -0.2) is 188 Å². The van der Waals surface area contributed by atoms with Gasteiger partial charge in [0, 0.05) is 220 Å². The highest BCUT2D eigenvalue weighted by Crippen LogP contribution is 2.58. The number of phenols is 2. The Morgan fingerprint density at radius 2 is 0.765 bits per heavy atom. The average molecular weight is 2140 g/mol. The average Bonchev–Trinajstić information content (AvgIpc) is 1.64. The monoisotopic (exact) mass is 2130 g/mol. The number of hydrogen-bond acceptors (Lipinski definition) is 26. The number of aromatic carboxylic acids is 1. The minimum absolute atomic E-state index is 0.117. The van der Waals surface area contributed by atoms with E-state index >= 15 is 0 Å². The smallest absolute Gasteiger partial charge is 0.338 e. The van der Waals surface area contributed by atoms with Crippen LogP contribution in [0.15, 0.2) is 88.3 Å². The number of nitrogens with one attached hydrogen (secondary N) is 4. The number of carboxylic acid groups (broad SMARTS) is 1. The number of aromatic nitrogens is 3. The number of pyridine rings is 3. The zero-order valence-electron chi connectivity index (χ0n) is 79.9. The first-order valence-corrected chi connectivity index (χ1v) is 49.6. The number of rotatable bonds is 20. The van der Waals surface area contributed by atoms with Gasteiger partial charge in [-0.05, 0) is 250 Å². The topological polar surface area (TPSA) is 384 Å². The number of H-pyrrole nitrogens is 2. The number of anilines is 1. The number of carbonyl (C=O) groups excluding carboxylic acids is 4. The number of nitrogens with zero attached hydrogens (tertiary/aromatic N) is 3. The fourth-order valence-corrected chi connectivity index (χ4v) is 21.0. The predicted octanol–water partition coefficient (Wildman–Crippen LogP) is 18.6. The van der Waals surface area contributed by atoms with Crippen LogP contribution in [0.2, 0.25) is 0 Å². The summed E-state index contributed by atoms with van der Waals surface area (Å²) in [4.78, 5) is 102. The molecule has 17 rings (SSSR count). The van der Waals surface area contributed by atoms with Crippen molar-refractivity contribution in [1.82, 2.24) is 30.5 Å². The third-order valence-electron chi connectivity index (χ3n) is 27.4. The summed E-state index contributed by atoms with van der Waals surface area (Å²) >= 11 is 13.5. The van der Waals surface area contributed by atoms with Crippen molar-refractivity contribution in [3.05, 3.63) is 189 Å². The summed E-state index contributed by atoms with van der Waals surface area (Å²) < 4.78 is 85.2. The molecule has 31 nitrogen and oxygen atoms in total. The minimum Gasteiger partial charge on any atom is -0.504 e. The number of amides is 2. The summed E-state index contributed by atoms with van der Waals surface area (Å²) in [6.45, 7) is 37.6. The van der Waals surface area contributed by atoms with Crippen molar-refractivity contribution >= 4 is 99.3 Å². The molecule has 0 radical (unpaired) electrons. The fraction of sp³-hybridized carbons (Fsp3) is 0.505. The number of benzene rings is 5. The van der Waals surface area contributed by atoms with Gasteiger partial charge in [-0.15, -0.1) is 0 Å². The van der Waals surface area contributed by atoms with Crippen molar-refractivity contribution in [2.45, 2.75) is 210 Å². The summed E-state index contributed by atoms with van der Waals surface area (Å²) in [6.07, 6.45) is 11.6. The lowest BCUT2D eigenvalue weighted by molar-refractivity contribution is -0.152. The number of aromatic hydroxyl groups is 2. The van der Waals surface area contributed by atoms with Gasteiger partial charge in [0.25, 0.3) is 46.1 Å². The lowest BCUT2D eigenvalue weighted by Gasteiger charge is -2.37. The Hall–Kier alpha value is -9.98. The molecule has 9 aliphatic heterocycles. The van der Waals surface area contributed by atoms with Gasteiger partial charge in [-0.25, -0.2) is 19.4 Å². The molecule has 8 aromatic rings. The minimum atomic E-state index is -0.968. The van der Waals surface area contributed by atoms with Crippen LogP contribution in [0.25, 0.3) is 11.1 Å². The third kappa shape index (κ3) is 21.7. The number of hydrogen-bond donors (Lipinski definition) is 7. The molecular formula is C101H123Br4N7O24. The molecule has 0 saturated carbocycles. The van der Waals surface area contributed by atoms with Crippen LogP contribution < -0.4 is 64.5 Å². The molecule has 0 aliphatic carbocycles. The van der Waals surface area contributed by atoms with E-state index in [0.717, 1.165) is 154 Å². The van der Waals surface area contributed by atoms with E-state index in [1.165, 1.54) is 27.2 Å². The lowest BCUT2D eigenvalue weighted by atomic mass is 9.89. The molecule has 9 aliphatic rings. The van der Waals surface area contributed by atoms with Crippen molar-refractivity contribution in [3.8, 4) is 68.6 Å². The number of aryl methyl sites for hydroxylation is 4. The van der Waals surface area contributed by atoms with Gasteiger partial charge in [-0.3, -0.25) is 19.2 Å². The summed E-state index contributed by atoms with van der Waals surface area (Å²) in [5.41, 5.74) is 10.6. The second-order valence-corrected chi connectivity index (χ2v) is 38.9. The molecule has 0 spiro atoms. The molecule has 12 heterocycles. The van der Waals surface area contributed by atoms with Gasteiger partial charge in [0.1, 0.15) is 5.82 Å². The first-order chi connectivity index (χ1) is 65.0. The molecule has 734 valence electrons. The van der Waals surface area contributed by atoms with Gasteiger partial charge in [-0.2, -0.15) is 0 Å². The maximum atomic E-state index is 13.8. The first-order valence-electron chi connectivity index (χ1n) is 46.5. The van der Waals surface area contributed by atoms with E-state index in [4.69, 9.17) is 66.6 Å². The molecule has 0 bridgehead atoms. The number of esters is 2. The molecule has 7 N–H and O–H groups in total. The number of aromatic amines is 2. The summed E-state index contributed by atoms with van der Waals surface area (Å²) in [6, 6.07) is 16.3. The number of phenolic OH excluding ortho intramolecular Hbond substituents is 2. The lowest BCUT2D eigenvalue weighted by Crippen LogP contribution is -2.47. The number of carboxylic acids is 1. The highest BCUT2D eigenvalue weighted by atomic mass is 79.9. The largest absolute Gasteiger partial charge is 0.504 e. The van der Waals surface area contributed by atoms with Gasteiger partial charge in [0.05, 0.1) is 48.8 Å². The molecule has 5 aromatic carbocycles. The Kier molecular flexibility index (Phi) is 33.8. The van der Waals surface area contributed by atoms with Gasteiger partial charge in [0.15, 0.2) is 57.5 Å². The van der Waals surface area contributed by atoms with Crippen LogP contribution in [0.3, 0.4) is 0 Å². The Balaban J connectivity index is 0.000000151. The zero-order valence-corrected chi connectivity index (χ0v) is 86.3. The van der Waals surface area contributed by atoms with Crippen LogP contribution in [0.1, 0.15) is 225 Å². The molecule has 4 unspecified atom stereocenters. The van der Waals surface area contributed by atoms with Crippen LogP contribution in [0.4, 0.5) is 5.82 Å². The molecule has 4 atom stereocenters. The highest BCUT2D eigenvalue weighted by Gasteiger charge is 2.54. The molecular weight excluding hydrogens is 2010 g/mol. The Bertz CT molecular complexity index is 5900. The van der Waals surface area contributed by atoms with Crippen molar-refractivity contribution in [2.75, 3.05) is 105 Å². The summed E-state index contributed by atoms with van der Waals surface area (Å²) in [5, 5.41) is 33.9. The second kappa shape index (κ2) is 44.4. The zero-order chi connectivity index (χ0) is 98.2. The van der Waals surface area contributed by atoms with Gasteiger partial charge in [-0.1, -0.05) is 34.6 Å². The van der Waals surface area contributed by atoms with E-state index in [0.29, 0.717) is 157 Å². The Labute approximate surface area is 825 Å². The molecule has 3 aromatic heterocycles. The number of fused-ring (bicyclic) bond motifs is 4. The van der Waals surface area contributed by atoms with E-state index in [-0.39, 0.29) is 98.3 Å². The van der Waals surface area contributed by atoms with E-state index in [1.807, 2.05) is 79.8 Å². The number of methoxy groups -OCH3 is 2. The van der Waals surface area contributed by atoms with Gasteiger partial charge in [0.2, 0.25) is 0 Å². The van der Waals surface area contributed by atoms with Crippen molar-refractivity contribution in [1.29, 1.82) is 0 Å². The molecule has 136 heavy (non-hydrogen) atoms. The van der Waals surface area contributed by atoms with Crippen molar-refractivity contribution in [2.24, 2.45) is 23.7 Å². The highest BCUT2D eigenvalue weighted by molar-refractivity contribution is 9.11. The predicted molar refractivity (Wildman–Crippen MR) is 524 cm³/mol. The number of carbonyl (C=O) groups is 5. The van der Waals surface area contributed by atoms with E-state index in [1.54, 1.807) is 25.1 Å². The van der Waals surface area contributed by atoms with Crippen LogP contribution in [0, 0.1) is 86.0 Å². The summed E-state index contributed by atoms with van der Waals surface area (Å²) in [5.74, 6) is 0.694. The third-order valence-corrected chi connectivity index (χ3v) is 29.8. The van der Waals surface area contributed by atoms with Crippen LogP contribution >= 0.6 is 63.7 Å². The quantitative estimate of drug-likeness (QED) is 0.0275. The maximum absolute atomic E-state index is 13.8. The fourth-order valence-electron chi connectivity index (χ4n) is 19.2. The van der Waals surface area contributed by atoms with E-state index < -0.39 is 35.1 Å². The number of piperazine rings is 1. The number of ether oxygens (including phenoxy) is 14. The first kappa shape index (κ1) is 103. The molecule has 35 heteroatoms. The SMILES string of the molecule is CCC1(C2CCOCC2)Oc2c(Br)cc(C(=O)NCc3c(C)cc(C)[nH]c3=O)c(C)c2O1.CCC1(C2CCOCC2)Oc2c(Br)cc(C(=O)O)c(C)c2O1.CCC1(C2CCOCC2)Oc2c(Br)cc(C(=O)OC)c(C)c2O1.CCN1CCN(c2ccc(-c3cc(C(=O)NCc4c(C)cc(C)[nH]c4=O)c(C)c4c3OC(CC)(C3CCOCC3)O4)cn2)CC1.COC(=O)c1cc(Br)c(O)c(O)c1C. The second-order valence-electron chi connectivity index (χ2n) is 35.4. The van der Waals surface area contributed by atoms with Crippen molar-refractivity contribution < 1.29 is 106 Å². The van der Waals surface area contributed by atoms with Crippen LogP contribution in [-0.2, 0) is 41.5 Å². The number of likely N-dealkylation sites (N-methyl/N-ethyl adjacent to an activating group) is 1. The van der Waals surface area contributed by atoms with Gasteiger partial charge >= 0.3 is 17.9 Å². The summed E-state index contributed by atoms with van der Waals surface area (Å²) in [7, 11) is 2.62. The normalized spacial score (nSPS) is 20.6. The Morgan fingerprint density at radius 1 is 0.434 bits per heavy atom. The van der Waals surface area contributed by atoms with E-state index in [9.17, 15) is 48.9 Å². The van der Waals surface area contributed by atoms with Crippen molar-refractivity contribution in [3.63, 3.8) is 0 Å². The van der Waals surface area contributed by atoms with Gasteiger partial charge < -0.3 is 112 Å². The molecule has 5 fully saturated rings. The standard InChI is InChI=1S/C35H45N5O5.C24H29BrN2O5.C17H21BrO5.C16H19BrO5.C9H9BrO4/c1-6-35(26-10-16-43-17-11-26)44-31-24(5)27(33(41)37-21-29-22(3)18-23(4)38-34(29)42)19-28(32(31)45-35)25-8-9-30(36-20-25)40-14-12-39(7-2)13-15-40;1-5-24(16-6-8-30-9-7-16)31-20-15(4)17(11-19(25)21(20)32-24)22(28)26-12-18-13(2)10-14(3)27-23(18)29;1-4-17(11-5-7-21-8-6-11)22-14-10(2)12(16(19)20-3)9-13(18)15(14)23-17;1-3-16(10-4-6-20-7-5-10)21-13-9(2)11(15(18)19)8-12(17)14(13)22-16;1-4-5(9(13)14-2)3-6(10)8(12)7(4)11/h8-9,18-20,26H,6-7,10-17,21H2,1-5H3,(H,37,41)(H,38,42);10-11,16H,5-9,12H2,1-4H3,(H,26,28)(H,27,29);9,11H,4-8H2,1-3H3;8,10H,3-7H2,1-2H3,(H,18,19);3,11-12H,1-2H3. The number of halogens is 4. The maximum Gasteiger partial charge on any atom is 0.338 e. The van der Waals surface area contributed by atoms with Crippen LogP contribution in [0.5, 0.6) is 57.5 Å². The molecule has 5 saturated heterocycles. The molecule has 2 amide bonds. The van der Waals surface area contributed by atoms with E-state index in [2.05, 4.69) is 139 Å².